The fraction of sp³-hybridized carbons (Fsp3) is 0.885. The Morgan fingerprint density at radius 2 is 1.50 bits per heavy atom. The van der Waals surface area contributed by atoms with E-state index in [-0.39, 0.29) is 13.2 Å². The summed E-state index contributed by atoms with van der Waals surface area (Å²) < 4.78 is 34.4. The highest BCUT2D eigenvalue weighted by Gasteiger charge is 2.27. The molecule has 1 heterocycles. The van der Waals surface area contributed by atoms with Crippen LogP contribution in [0.25, 0.3) is 0 Å². The first-order valence-electron chi connectivity index (χ1n) is 13.6. The molecule has 0 radical (unpaired) electrons. The lowest BCUT2D eigenvalue weighted by Crippen LogP contribution is -2.29. The van der Waals surface area contributed by atoms with Crippen molar-refractivity contribution in [2.45, 2.75) is 111 Å². The minimum Gasteiger partial charge on any atom is -0.726 e. The maximum Gasteiger partial charge on any atom is 0.251 e. The van der Waals surface area contributed by atoms with Crippen LogP contribution in [-0.4, -0.2) is 72.8 Å². The zero-order valence-corrected chi connectivity index (χ0v) is 23.0. The molecule has 1 aliphatic rings. The number of hydrogen-bond acceptors (Lipinski definition) is 6. The summed E-state index contributed by atoms with van der Waals surface area (Å²) in [5.74, 6) is 1.40. The summed E-state index contributed by atoms with van der Waals surface area (Å²) in [6.45, 7) is 10.1. The molecule has 0 aromatic heterocycles. The van der Waals surface area contributed by atoms with Crippen LogP contribution in [0.15, 0.2) is 12.2 Å². The predicted molar refractivity (Wildman–Crippen MR) is 140 cm³/mol. The first-order valence-corrected chi connectivity index (χ1v) is 14.9. The van der Waals surface area contributed by atoms with Crippen LogP contribution in [0.5, 0.6) is 0 Å². The molecule has 0 saturated heterocycles. The highest BCUT2D eigenvalue weighted by atomic mass is 32.3. The molecule has 0 unspecified atom stereocenters. The van der Waals surface area contributed by atoms with Crippen LogP contribution in [0.1, 0.15) is 111 Å². The lowest BCUT2D eigenvalue weighted by molar-refractivity contribution is -0.521. The average molecular weight is 505 g/mol. The third kappa shape index (κ3) is 19.4. The number of amidine groups is 1. The van der Waals surface area contributed by atoms with Crippen LogP contribution in [0.4, 0.5) is 0 Å². The first-order chi connectivity index (χ1) is 16.4. The fourth-order valence-electron chi connectivity index (χ4n) is 4.21. The van der Waals surface area contributed by atoms with E-state index in [1.54, 1.807) is 0 Å². The Labute approximate surface area is 210 Å². The molecule has 0 amide bonds. The van der Waals surface area contributed by atoms with Crippen LogP contribution in [-0.2, 0) is 14.6 Å². The Morgan fingerprint density at radius 1 is 0.941 bits per heavy atom. The number of likely N-dealkylation sites (N-methyl/N-ethyl adjacent to an activating group) is 1. The van der Waals surface area contributed by atoms with Crippen molar-refractivity contribution in [3.05, 3.63) is 12.2 Å². The zero-order valence-electron chi connectivity index (χ0n) is 22.2. The standard InChI is InChI=1S/C24H47N2O.C2H6O4S/c1-3-5-6-7-8-9-10-11-12-13-14-15-16-17-18-19-24-25(4-2)20-21-26(24)22-23-27;1-2-6-7(3,4)5/h17-18,27H,3-16,19-23H2,1-2H3;2H2,1H3,(H,3,4,5)/q+1;/p-1. The van der Waals surface area contributed by atoms with Crippen LogP contribution >= 0.6 is 0 Å². The molecule has 0 aromatic carbocycles. The van der Waals surface area contributed by atoms with Gasteiger partial charge in [0.1, 0.15) is 19.6 Å². The van der Waals surface area contributed by atoms with Crippen molar-refractivity contribution in [2.24, 2.45) is 0 Å². The summed E-state index contributed by atoms with van der Waals surface area (Å²) in [7, 11) is -4.42. The van der Waals surface area contributed by atoms with Gasteiger partial charge in [-0.2, -0.15) is 0 Å². The van der Waals surface area contributed by atoms with Gasteiger partial charge in [0, 0.05) is 0 Å². The molecule has 1 aliphatic heterocycles. The molecule has 34 heavy (non-hydrogen) atoms. The molecule has 0 aromatic rings. The number of hydrogen-bond donors (Lipinski definition) is 1. The third-order valence-corrected chi connectivity index (χ3v) is 6.60. The number of aliphatic hydroxyl groups excluding tert-OH is 1. The predicted octanol–water partition coefficient (Wildman–Crippen LogP) is 5.25. The van der Waals surface area contributed by atoms with Crippen molar-refractivity contribution in [3.8, 4) is 0 Å². The van der Waals surface area contributed by atoms with Gasteiger partial charge in [0.05, 0.1) is 26.2 Å². The van der Waals surface area contributed by atoms with E-state index in [1.165, 1.54) is 96.2 Å². The Morgan fingerprint density at radius 3 is 1.94 bits per heavy atom. The molecule has 8 heteroatoms. The van der Waals surface area contributed by atoms with Gasteiger partial charge in [0.25, 0.3) is 5.84 Å². The molecule has 0 aliphatic carbocycles. The Balaban J connectivity index is 0.00000135. The molecule has 0 spiro atoms. The van der Waals surface area contributed by atoms with Crippen LogP contribution < -0.4 is 0 Å². The van der Waals surface area contributed by atoms with E-state index in [4.69, 9.17) is 0 Å². The van der Waals surface area contributed by atoms with Gasteiger partial charge in [-0.3, -0.25) is 13.7 Å². The number of β-amino-alcohol motifs (C(OH)–C–C–N with tert-alkyl or cyclic N) is 1. The van der Waals surface area contributed by atoms with Crippen LogP contribution in [0.2, 0.25) is 0 Å². The van der Waals surface area contributed by atoms with Crippen molar-refractivity contribution in [2.75, 3.05) is 39.4 Å². The van der Waals surface area contributed by atoms with Gasteiger partial charge in [0.2, 0.25) is 10.4 Å². The maximum absolute atomic E-state index is 9.45. The summed E-state index contributed by atoms with van der Waals surface area (Å²) in [6.07, 6.45) is 24.0. The Hall–Kier alpha value is -0.960. The summed E-state index contributed by atoms with van der Waals surface area (Å²) in [5, 5.41) is 9.22. The number of allylic oxidation sites excluding steroid dienone is 1. The smallest absolute Gasteiger partial charge is 0.251 e. The minimum absolute atomic E-state index is 0.0914. The molecule has 7 nitrogen and oxygen atoms in total. The van der Waals surface area contributed by atoms with Gasteiger partial charge in [-0.1, -0.05) is 89.7 Å². The van der Waals surface area contributed by atoms with E-state index in [9.17, 15) is 18.1 Å². The fourth-order valence-corrected chi connectivity index (χ4v) is 4.50. The molecule has 0 fully saturated rings. The van der Waals surface area contributed by atoms with Gasteiger partial charge in [-0.15, -0.1) is 0 Å². The second-order valence-electron chi connectivity index (χ2n) is 8.87. The second-order valence-corrected chi connectivity index (χ2v) is 9.93. The molecule has 0 saturated carbocycles. The van der Waals surface area contributed by atoms with E-state index in [2.05, 4.69) is 39.7 Å². The highest BCUT2D eigenvalue weighted by Crippen LogP contribution is 2.13. The first kappa shape index (κ1) is 33.0. The van der Waals surface area contributed by atoms with E-state index >= 15 is 0 Å². The number of rotatable bonds is 20. The maximum atomic E-state index is 9.45. The van der Waals surface area contributed by atoms with Gasteiger partial charge < -0.3 is 9.66 Å². The van der Waals surface area contributed by atoms with Gasteiger partial charge >= 0.3 is 0 Å². The van der Waals surface area contributed by atoms with Crippen molar-refractivity contribution in [3.63, 3.8) is 0 Å². The third-order valence-electron chi connectivity index (χ3n) is 6.08. The topological polar surface area (TPSA) is 92.9 Å². The van der Waals surface area contributed by atoms with Gasteiger partial charge in [-0.25, -0.2) is 8.42 Å². The van der Waals surface area contributed by atoms with E-state index in [1.807, 2.05) is 0 Å². The summed E-state index contributed by atoms with van der Waals surface area (Å²) in [4.78, 5) is 2.45. The van der Waals surface area contributed by atoms with Crippen LogP contribution in [0.3, 0.4) is 0 Å². The van der Waals surface area contributed by atoms with Gasteiger partial charge in [0.15, 0.2) is 0 Å². The molecule has 1 N–H and O–H groups in total. The zero-order chi connectivity index (χ0) is 25.5. The van der Waals surface area contributed by atoms with E-state index in [0.717, 1.165) is 32.6 Å². The second kappa shape index (κ2) is 22.5. The monoisotopic (exact) mass is 504 g/mol. The minimum atomic E-state index is -4.42. The van der Waals surface area contributed by atoms with Crippen molar-refractivity contribution in [1.82, 2.24) is 4.90 Å². The normalized spacial score (nSPS) is 14.2. The molecule has 1 rings (SSSR count). The highest BCUT2D eigenvalue weighted by molar-refractivity contribution is 7.80. The summed E-state index contributed by atoms with van der Waals surface area (Å²) in [5.41, 5.74) is 0. The van der Waals surface area contributed by atoms with E-state index < -0.39 is 10.4 Å². The lowest BCUT2D eigenvalue weighted by Gasteiger charge is -2.09. The number of nitrogens with zero attached hydrogens (tertiary/aromatic N) is 2. The summed E-state index contributed by atoms with van der Waals surface area (Å²) in [6, 6.07) is 0. The van der Waals surface area contributed by atoms with Crippen molar-refractivity contribution < 1.29 is 26.8 Å². The number of unbranched alkanes of at least 4 members (excludes halogenated alkanes) is 12. The Kier molecular flexibility index (Phi) is 21.9. The average Bonchev–Trinajstić information content (AvgIpc) is 3.18. The molecular formula is C26H52N2O5S. The van der Waals surface area contributed by atoms with Crippen LogP contribution in [0, 0.1) is 0 Å². The molecular weight excluding hydrogens is 452 g/mol. The largest absolute Gasteiger partial charge is 0.726 e. The van der Waals surface area contributed by atoms with E-state index in [0.29, 0.717) is 0 Å². The quantitative estimate of drug-likeness (QED) is 0.0801. The summed E-state index contributed by atoms with van der Waals surface area (Å²) >= 11 is 0. The molecule has 202 valence electrons. The SMILES string of the molecule is CCCCCCCCCCCCCCC=CCC1=[N+](CCO)CCN1CC.CCOS(=O)(=O)[O-]. The van der Waals surface area contributed by atoms with Crippen molar-refractivity contribution >= 4 is 16.2 Å². The molecule has 0 bridgehead atoms. The van der Waals surface area contributed by atoms with Crippen molar-refractivity contribution in [1.29, 1.82) is 0 Å². The lowest BCUT2D eigenvalue weighted by atomic mass is 10.0. The Bertz CT molecular complexity index is 635. The molecule has 0 atom stereocenters. The van der Waals surface area contributed by atoms with Gasteiger partial charge in [-0.05, 0) is 26.7 Å². The number of aliphatic hydroxyl groups is 1.